The van der Waals surface area contributed by atoms with Crippen molar-refractivity contribution >= 4 is 5.78 Å². The normalized spacial score (nSPS) is 19.3. The van der Waals surface area contributed by atoms with E-state index in [1.54, 1.807) is 7.11 Å². The Labute approximate surface area is 153 Å². The van der Waals surface area contributed by atoms with E-state index in [1.165, 1.54) is 0 Å². The Morgan fingerprint density at radius 2 is 2.12 bits per heavy atom. The van der Waals surface area contributed by atoms with E-state index >= 15 is 0 Å². The summed E-state index contributed by atoms with van der Waals surface area (Å²) < 4.78 is 16.3. The molecule has 1 atom stereocenters. The maximum atomic E-state index is 12.9. The Bertz CT molecular complexity index is 804. The van der Waals surface area contributed by atoms with Crippen molar-refractivity contribution in [2.24, 2.45) is 5.92 Å². The monoisotopic (exact) mass is 353 g/mol. The second-order valence-corrected chi connectivity index (χ2v) is 6.82. The number of methoxy groups -OCH3 is 1. The van der Waals surface area contributed by atoms with E-state index in [1.807, 2.05) is 36.4 Å². The van der Waals surface area contributed by atoms with Crippen molar-refractivity contribution in [3.05, 3.63) is 53.6 Å². The van der Waals surface area contributed by atoms with Gasteiger partial charge in [0.15, 0.2) is 17.3 Å². The summed E-state index contributed by atoms with van der Waals surface area (Å²) >= 11 is 0. The molecule has 2 aromatic carbocycles. The van der Waals surface area contributed by atoms with Crippen LogP contribution in [-0.2, 0) is 6.54 Å². The molecule has 0 N–H and O–H groups in total. The molecule has 1 saturated heterocycles. The molecule has 0 radical (unpaired) electrons. The van der Waals surface area contributed by atoms with Gasteiger partial charge in [0.1, 0.15) is 5.75 Å². The molecule has 2 aromatic rings. The third-order valence-electron chi connectivity index (χ3n) is 5.10. The van der Waals surface area contributed by atoms with Crippen molar-refractivity contribution in [1.82, 2.24) is 4.90 Å². The van der Waals surface area contributed by atoms with Gasteiger partial charge in [-0.2, -0.15) is 0 Å². The van der Waals surface area contributed by atoms with Crippen molar-refractivity contribution in [1.29, 1.82) is 0 Å². The number of nitrogens with zero attached hydrogens (tertiary/aromatic N) is 1. The largest absolute Gasteiger partial charge is 0.497 e. The van der Waals surface area contributed by atoms with Gasteiger partial charge in [-0.25, -0.2) is 0 Å². The first-order valence-corrected chi connectivity index (χ1v) is 9.02. The number of hydrogen-bond donors (Lipinski definition) is 0. The number of piperidine rings is 1. The molecule has 26 heavy (non-hydrogen) atoms. The van der Waals surface area contributed by atoms with Crippen LogP contribution in [0.3, 0.4) is 0 Å². The Morgan fingerprint density at radius 1 is 1.23 bits per heavy atom. The summed E-state index contributed by atoms with van der Waals surface area (Å²) in [5, 5.41) is 0. The highest BCUT2D eigenvalue weighted by Gasteiger charge is 2.28. The van der Waals surface area contributed by atoms with E-state index < -0.39 is 0 Å². The molecule has 1 fully saturated rings. The molecular formula is C21H23NO4. The van der Waals surface area contributed by atoms with Crippen LogP contribution >= 0.6 is 0 Å². The Kier molecular flexibility index (Phi) is 4.80. The summed E-state index contributed by atoms with van der Waals surface area (Å²) in [5.74, 6) is 2.59. The molecule has 5 nitrogen and oxygen atoms in total. The lowest BCUT2D eigenvalue weighted by Crippen LogP contribution is -2.38. The van der Waals surface area contributed by atoms with E-state index in [0.717, 1.165) is 60.9 Å². The van der Waals surface area contributed by atoms with Gasteiger partial charge in [0.05, 0.1) is 7.11 Å². The number of ketones is 1. The molecular weight excluding hydrogens is 330 g/mol. The standard InChI is InChI=1S/C21H23NO4/c1-24-18-8-2-5-15(11-18)20(23)16-7-4-10-22(12-16)13-17-6-3-9-19-21(17)26-14-25-19/h2-3,5-6,8-9,11,16H,4,7,10,12-14H2,1H3/t16-/m1/s1. The van der Waals surface area contributed by atoms with Crippen molar-refractivity contribution in [3.8, 4) is 17.2 Å². The maximum Gasteiger partial charge on any atom is 0.231 e. The molecule has 0 saturated carbocycles. The topological polar surface area (TPSA) is 48.0 Å². The molecule has 2 aliphatic heterocycles. The summed E-state index contributed by atoms with van der Waals surface area (Å²) in [6, 6.07) is 13.4. The number of likely N-dealkylation sites (tertiary alicyclic amines) is 1. The molecule has 2 aliphatic rings. The number of fused-ring (bicyclic) bond motifs is 1. The molecule has 2 heterocycles. The molecule has 5 heteroatoms. The highest BCUT2D eigenvalue weighted by molar-refractivity contribution is 5.98. The first kappa shape index (κ1) is 16.9. The van der Waals surface area contributed by atoms with Crippen LogP contribution in [0.15, 0.2) is 42.5 Å². The predicted octanol–water partition coefficient (Wildman–Crippen LogP) is 3.52. The third kappa shape index (κ3) is 3.40. The summed E-state index contributed by atoms with van der Waals surface area (Å²) in [7, 11) is 1.62. The van der Waals surface area contributed by atoms with Gasteiger partial charge in [-0.1, -0.05) is 24.3 Å². The lowest BCUT2D eigenvalue weighted by Gasteiger charge is -2.32. The average Bonchev–Trinajstić information content (AvgIpc) is 3.17. The second kappa shape index (κ2) is 7.38. The Balaban J connectivity index is 1.46. The highest BCUT2D eigenvalue weighted by atomic mass is 16.7. The van der Waals surface area contributed by atoms with Crippen molar-refractivity contribution in [2.75, 3.05) is 27.0 Å². The van der Waals surface area contributed by atoms with Crippen LogP contribution in [0.1, 0.15) is 28.8 Å². The molecule has 0 aliphatic carbocycles. The third-order valence-corrected chi connectivity index (χ3v) is 5.10. The predicted molar refractivity (Wildman–Crippen MR) is 97.9 cm³/mol. The fourth-order valence-corrected chi connectivity index (χ4v) is 3.78. The van der Waals surface area contributed by atoms with Gasteiger partial charge in [0.25, 0.3) is 0 Å². The maximum absolute atomic E-state index is 12.9. The quantitative estimate of drug-likeness (QED) is 0.770. The zero-order chi connectivity index (χ0) is 17.9. The lowest BCUT2D eigenvalue weighted by atomic mass is 9.89. The molecule has 0 spiro atoms. The average molecular weight is 353 g/mol. The van der Waals surface area contributed by atoms with E-state index in [4.69, 9.17) is 14.2 Å². The molecule has 0 unspecified atom stereocenters. The van der Waals surface area contributed by atoms with Gasteiger partial charge in [-0.05, 0) is 37.6 Å². The fourth-order valence-electron chi connectivity index (χ4n) is 3.78. The molecule has 0 aromatic heterocycles. The number of hydrogen-bond acceptors (Lipinski definition) is 5. The Morgan fingerprint density at radius 3 is 3.00 bits per heavy atom. The minimum Gasteiger partial charge on any atom is -0.497 e. The Hall–Kier alpha value is -2.53. The highest BCUT2D eigenvalue weighted by Crippen LogP contribution is 2.36. The minimum atomic E-state index is 0.0183. The molecule has 0 amide bonds. The van der Waals surface area contributed by atoms with E-state index in [2.05, 4.69) is 11.0 Å². The smallest absolute Gasteiger partial charge is 0.231 e. The molecule has 136 valence electrons. The first-order chi connectivity index (χ1) is 12.7. The molecule has 4 rings (SSSR count). The van der Waals surface area contributed by atoms with Crippen LogP contribution in [0.4, 0.5) is 0 Å². The number of para-hydroxylation sites is 1. The summed E-state index contributed by atoms with van der Waals surface area (Å²) in [6.07, 6.45) is 1.95. The minimum absolute atomic E-state index is 0.0183. The first-order valence-electron chi connectivity index (χ1n) is 9.02. The number of rotatable bonds is 5. The molecule has 0 bridgehead atoms. The van der Waals surface area contributed by atoms with Crippen LogP contribution in [0, 0.1) is 5.92 Å². The van der Waals surface area contributed by atoms with Gasteiger partial charge >= 0.3 is 0 Å². The van der Waals surface area contributed by atoms with Gasteiger partial charge in [0, 0.05) is 30.1 Å². The summed E-state index contributed by atoms with van der Waals surface area (Å²) in [5.41, 5.74) is 1.85. The van der Waals surface area contributed by atoms with Crippen LogP contribution in [0.5, 0.6) is 17.2 Å². The van der Waals surface area contributed by atoms with Crippen LogP contribution in [0.25, 0.3) is 0 Å². The summed E-state index contributed by atoms with van der Waals surface area (Å²) in [6.45, 7) is 2.81. The fraction of sp³-hybridized carbons (Fsp3) is 0.381. The lowest BCUT2D eigenvalue weighted by molar-refractivity contribution is 0.0810. The zero-order valence-corrected chi connectivity index (χ0v) is 14.9. The van der Waals surface area contributed by atoms with Crippen molar-refractivity contribution in [3.63, 3.8) is 0 Å². The number of carbonyl (C=O) groups is 1. The summed E-state index contributed by atoms with van der Waals surface area (Å²) in [4.78, 5) is 15.3. The van der Waals surface area contributed by atoms with Gasteiger partial charge in [-0.15, -0.1) is 0 Å². The van der Waals surface area contributed by atoms with E-state index in [9.17, 15) is 4.79 Å². The van der Waals surface area contributed by atoms with E-state index in [0.29, 0.717) is 0 Å². The van der Waals surface area contributed by atoms with Gasteiger partial charge in [-0.3, -0.25) is 9.69 Å². The number of carbonyl (C=O) groups excluding carboxylic acids is 1. The van der Waals surface area contributed by atoms with Crippen LogP contribution < -0.4 is 14.2 Å². The number of benzene rings is 2. The number of Topliss-reactive ketones (excluding diaryl/α,β-unsaturated/α-hetero) is 1. The second-order valence-electron chi connectivity index (χ2n) is 6.82. The van der Waals surface area contributed by atoms with Crippen LogP contribution in [0.2, 0.25) is 0 Å². The van der Waals surface area contributed by atoms with Crippen molar-refractivity contribution in [2.45, 2.75) is 19.4 Å². The number of ether oxygens (including phenoxy) is 3. The van der Waals surface area contributed by atoms with Crippen molar-refractivity contribution < 1.29 is 19.0 Å². The SMILES string of the molecule is COc1cccc(C(=O)[C@@H]2CCCN(Cc3cccc4c3OCO4)C2)c1. The zero-order valence-electron chi connectivity index (χ0n) is 14.9. The van der Waals surface area contributed by atoms with Gasteiger partial charge in [0.2, 0.25) is 6.79 Å². The van der Waals surface area contributed by atoms with Crippen LogP contribution in [-0.4, -0.2) is 37.7 Å². The van der Waals surface area contributed by atoms with Gasteiger partial charge < -0.3 is 14.2 Å². The van der Waals surface area contributed by atoms with E-state index in [-0.39, 0.29) is 18.5 Å².